The van der Waals surface area contributed by atoms with Gasteiger partial charge in [-0.05, 0) is 61.6 Å². The van der Waals surface area contributed by atoms with Crippen LogP contribution in [0.5, 0.6) is 0 Å². The van der Waals surface area contributed by atoms with Crippen molar-refractivity contribution in [3.63, 3.8) is 0 Å². The Bertz CT molecular complexity index is 684. The van der Waals surface area contributed by atoms with E-state index in [9.17, 15) is 9.59 Å². The second-order valence-electron chi connectivity index (χ2n) is 8.53. The number of aryl methyl sites for hydroxylation is 2. The molecule has 1 aliphatic carbocycles. The predicted molar refractivity (Wildman–Crippen MR) is 107 cm³/mol. The van der Waals surface area contributed by atoms with Crippen LogP contribution in [0.15, 0.2) is 18.2 Å². The number of rotatable bonds is 3. The van der Waals surface area contributed by atoms with Crippen molar-refractivity contribution in [2.75, 3.05) is 26.2 Å². The number of fused-ring (bicyclic) bond motifs is 1. The first-order chi connectivity index (χ1) is 13.2. The van der Waals surface area contributed by atoms with Crippen molar-refractivity contribution in [3.8, 4) is 0 Å². The van der Waals surface area contributed by atoms with Crippen LogP contribution in [0.25, 0.3) is 0 Å². The zero-order chi connectivity index (χ0) is 18.6. The lowest BCUT2D eigenvalue weighted by atomic mass is 9.94. The Labute approximate surface area is 162 Å². The Morgan fingerprint density at radius 3 is 2.26 bits per heavy atom. The van der Waals surface area contributed by atoms with Crippen LogP contribution in [0.1, 0.15) is 61.6 Å². The van der Waals surface area contributed by atoms with Crippen LogP contribution in [0.2, 0.25) is 0 Å². The Balaban J connectivity index is 1.28. The van der Waals surface area contributed by atoms with E-state index in [-0.39, 0.29) is 11.8 Å². The Hall–Kier alpha value is -1.84. The molecule has 1 aromatic carbocycles. The molecule has 4 heteroatoms. The van der Waals surface area contributed by atoms with Crippen LogP contribution in [-0.2, 0) is 28.9 Å². The molecule has 3 aliphatic rings. The molecule has 0 saturated carbocycles. The lowest BCUT2D eigenvalue weighted by Crippen LogP contribution is -2.45. The zero-order valence-electron chi connectivity index (χ0n) is 16.4. The van der Waals surface area contributed by atoms with Gasteiger partial charge in [-0.25, -0.2) is 0 Å². The van der Waals surface area contributed by atoms with Gasteiger partial charge in [0.05, 0.1) is 6.42 Å². The lowest BCUT2D eigenvalue weighted by molar-refractivity contribution is -0.140. The smallest absolute Gasteiger partial charge is 0.226 e. The number of benzene rings is 1. The summed E-state index contributed by atoms with van der Waals surface area (Å²) in [5.41, 5.74) is 4.03. The number of hydrogen-bond donors (Lipinski definition) is 0. The molecular weight excluding hydrogens is 336 g/mol. The molecule has 0 atom stereocenters. The first-order valence-corrected chi connectivity index (χ1v) is 10.9. The molecule has 4 nitrogen and oxygen atoms in total. The molecule has 2 amide bonds. The topological polar surface area (TPSA) is 40.6 Å². The molecular formula is C23H32N2O2. The van der Waals surface area contributed by atoms with Crippen LogP contribution < -0.4 is 0 Å². The molecule has 4 rings (SSSR count). The Kier molecular flexibility index (Phi) is 5.80. The van der Waals surface area contributed by atoms with E-state index in [2.05, 4.69) is 23.1 Å². The van der Waals surface area contributed by atoms with Gasteiger partial charge in [-0.1, -0.05) is 31.0 Å². The fourth-order valence-corrected chi connectivity index (χ4v) is 4.95. The Morgan fingerprint density at radius 1 is 0.815 bits per heavy atom. The number of hydrogen-bond acceptors (Lipinski definition) is 2. The normalized spacial score (nSPS) is 21.0. The van der Waals surface area contributed by atoms with Gasteiger partial charge in [-0.2, -0.15) is 0 Å². The molecule has 0 aromatic heterocycles. The fourth-order valence-electron chi connectivity index (χ4n) is 4.95. The third-order valence-corrected chi connectivity index (χ3v) is 6.63. The third-order valence-electron chi connectivity index (χ3n) is 6.63. The molecule has 146 valence electrons. The molecule has 0 unspecified atom stereocenters. The monoisotopic (exact) mass is 368 g/mol. The van der Waals surface area contributed by atoms with Gasteiger partial charge < -0.3 is 9.80 Å². The first kappa shape index (κ1) is 18.5. The molecule has 0 bridgehead atoms. The van der Waals surface area contributed by atoms with Crippen molar-refractivity contribution in [3.05, 3.63) is 34.9 Å². The van der Waals surface area contributed by atoms with Crippen molar-refractivity contribution in [1.29, 1.82) is 0 Å². The first-order valence-electron chi connectivity index (χ1n) is 10.9. The quantitative estimate of drug-likeness (QED) is 0.821. The molecule has 27 heavy (non-hydrogen) atoms. The number of amides is 2. The van der Waals surface area contributed by atoms with Gasteiger partial charge >= 0.3 is 0 Å². The van der Waals surface area contributed by atoms with E-state index in [4.69, 9.17) is 0 Å². The maximum absolute atomic E-state index is 12.8. The minimum atomic E-state index is 0.118. The highest BCUT2D eigenvalue weighted by Crippen LogP contribution is 2.25. The summed E-state index contributed by atoms with van der Waals surface area (Å²) in [7, 11) is 0. The van der Waals surface area contributed by atoms with Crippen LogP contribution in [0.3, 0.4) is 0 Å². The second-order valence-corrected chi connectivity index (χ2v) is 8.53. The van der Waals surface area contributed by atoms with Gasteiger partial charge in [0.2, 0.25) is 11.8 Å². The van der Waals surface area contributed by atoms with Crippen molar-refractivity contribution in [1.82, 2.24) is 9.80 Å². The van der Waals surface area contributed by atoms with Crippen molar-refractivity contribution >= 4 is 11.8 Å². The van der Waals surface area contributed by atoms with E-state index < -0.39 is 0 Å². The summed E-state index contributed by atoms with van der Waals surface area (Å²) >= 11 is 0. The van der Waals surface area contributed by atoms with E-state index in [0.29, 0.717) is 12.3 Å². The molecule has 0 spiro atoms. The summed E-state index contributed by atoms with van der Waals surface area (Å²) in [5.74, 6) is 0.670. The van der Waals surface area contributed by atoms with Crippen molar-refractivity contribution in [2.24, 2.45) is 5.92 Å². The van der Waals surface area contributed by atoms with Crippen LogP contribution >= 0.6 is 0 Å². The summed E-state index contributed by atoms with van der Waals surface area (Å²) in [6.45, 7) is 3.31. The molecule has 2 saturated heterocycles. The highest BCUT2D eigenvalue weighted by Gasteiger charge is 2.30. The van der Waals surface area contributed by atoms with Crippen LogP contribution in [0, 0.1) is 5.92 Å². The summed E-state index contributed by atoms with van der Waals surface area (Å²) < 4.78 is 0. The average Bonchev–Trinajstić information content (AvgIpc) is 2.99. The predicted octanol–water partition coefficient (Wildman–Crippen LogP) is 3.36. The average molecular weight is 369 g/mol. The summed E-state index contributed by atoms with van der Waals surface area (Å²) in [6.07, 6.45) is 10.5. The number of piperidine rings is 1. The maximum atomic E-state index is 12.8. The third kappa shape index (κ3) is 4.36. The van der Waals surface area contributed by atoms with Gasteiger partial charge in [0.1, 0.15) is 0 Å². The van der Waals surface area contributed by atoms with Gasteiger partial charge in [0, 0.05) is 32.1 Å². The summed E-state index contributed by atoms with van der Waals surface area (Å²) in [4.78, 5) is 29.6. The van der Waals surface area contributed by atoms with Crippen LogP contribution in [0.4, 0.5) is 0 Å². The van der Waals surface area contributed by atoms with E-state index in [1.807, 2.05) is 4.90 Å². The van der Waals surface area contributed by atoms with Crippen molar-refractivity contribution in [2.45, 2.75) is 64.2 Å². The molecule has 2 heterocycles. The Morgan fingerprint density at radius 2 is 1.52 bits per heavy atom. The van der Waals surface area contributed by atoms with E-state index >= 15 is 0 Å². The molecule has 2 aliphatic heterocycles. The highest BCUT2D eigenvalue weighted by atomic mass is 16.2. The van der Waals surface area contributed by atoms with Gasteiger partial charge in [0.15, 0.2) is 0 Å². The van der Waals surface area contributed by atoms with Crippen LogP contribution in [-0.4, -0.2) is 47.8 Å². The number of nitrogens with zero attached hydrogens (tertiary/aromatic N) is 2. The zero-order valence-corrected chi connectivity index (χ0v) is 16.4. The number of likely N-dealkylation sites (tertiary alicyclic amines) is 2. The van der Waals surface area contributed by atoms with E-state index in [0.717, 1.165) is 63.8 Å². The largest absolute Gasteiger partial charge is 0.342 e. The molecule has 2 fully saturated rings. The van der Waals surface area contributed by atoms with Gasteiger partial charge in [-0.3, -0.25) is 9.59 Å². The van der Waals surface area contributed by atoms with Gasteiger partial charge in [0.25, 0.3) is 0 Å². The van der Waals surface area contributed by atoms with E-state index in [1.54, 1.807) is 0 Å². The highest BCUT2D eigenvalue weighted by molar-refractivity contribution is 5.81. The number of carbonyl (C=O) groups excluding carboxylic acids is 2. The lowest BCUT2D eigenvalue weighted by Gasteiger charge is -2.34. The molecule has 0 radical (unpaired) electrons. The second kappa shape index (κ2) is 8.45. The summed E-state index contributed by atoms with van der Waals surface area (Å²) in [5, 5.41) is 0. The minimum absolute atomic E-state index is 0.118. The fraction of sp³-hybridized carbons (Fsp3) is 0.652. The molecule has 1 aromatic rings. The standard InChI is InChI=1S/C23H32N2O2/c26-22(17-18-8-9-19-6-5-7-21(19)16-18)24-14-10-20(11-15-24)23(27)25-12-3-1-2-4-13-25/h8-9,16,20H,1-7,10-15,17H2. The molecule has 0 N–H and O–H groups in total. The number of carbonyl (C=O) groups is 2. The SMILES string of the molecule is O=C(Cc1ccc2c(c1)CCC2)N1CCC(C(=O)N2CCCCCC2)CC1. The minimum Gasteiger partial charge on any atom is -0.342 e. The van der Waals surface area contributed by atoms with Gasteiger partial charge in [-0.15, -0.1) is 0 Å². The van der Waals surface area contributed by atoms with Crippen molar-refractivity contribution < 1.29 is 9.59 Å². The summed E-state index contributed by atoms with van der Waals surface area (Å²) in [6, 6.07) is 6.56. The van der Waals surface area contributed by atoms with E-state index in [1.165, 1.54) is 36.8 Å². The maximum Gasteiger partial charge on any atom is 0.226 e.